The number of nitrogens with zero attached hydrogens (tertiary/aromatic N) is 2. The van der Waals surface area contributed by atoms with Gasteiger partial charge in [0.05, 0.1) is 7.11 Å². The largest absolute Gasteiger partial charge is 0.497 e. The van der Waals surface area contributed by atoms with Crippen LogP contribution in [0.2, 0.25) is 0 Å². The SMILES string of the molecule is COc1ccc(Oc2ccc(CNC(=O)C3(NC(=O)c4nccn4C)CCOCC3)cc2)c(C(F)(F)F)c1. The number of alkyl halides is 3. The van der Waals surface area contributed by atoms with E-state index >= 15 is 0 Å². The maximum atomic E-state index is 13.5. The second-order valence-corrected chi connectivity index (χ2v) is 8.80. The first-order valence-electron chi connectivity index (χ1n) is 11.8. The molecule has 0 radical (unpaired) electrons. The summed E-state index contributed by atoms with van der Waals surface area (Å²) in [4.78, 5) is 30.0. The van der Waals surface area contributed by atoms with Crippen LogP contribution in [0.25, 0.3) is 0 Å². The van der Waals surface area contributed by atoms with Crippen molar-refractivity contribution in [2.45, 2.75) is 31.1 Å². The van der Waals surface area contributed by atoms with Gasteiger partial charge in [-0.25, -0.2) is 4.98 Å². The summed E-state index contributed by atoms with van der Waals surface area (Å²) in [5.74, 6) is -0.744. The van der Waals surface area contributed by atoms with Crippen LogP contribution in [0.3, 0.4) is 0 Å². The Morgan fingerprint density at radius 2 is 1.79 bits per heavy atom. The van der Waals surface area contributed by atoms with E-state index in [9.17, 15) is 22.8 Å². The van der Waals surface area contributed by atoms with E-state index in [0.29, 0.717) is 31.6 Å². The van der Waals surface area contributed by atoms with Crippen molar-refractivity contribution in [1.82, 2.24) is 20.2 Å². The first-order valence-corrected chi connectivity index (χ1v) is 11.8. The van der Waals surface area contributed by atoms with Crippen LogP contribution in [0.1, 0.15) is 34.6 Å². The van der Waals surface area contributed by atoms with Crippen LogP contribution in [0.15, 0.2) is 54.9 Å². The van der Waals surface area contributed by atoms with Gasteiger partial charge in [-0.1, -0.05) is 12.1 Å². The fraction of sp³-hybridized carbons (Fsp3) is 0.346. The van der Waals surface area contributed by atoms with Crippen LogP contribution in [-0.4, -0.2) is 47.2 Å². The van der Waals surface area contributed by atoms with Crippen LogP contribution in [-0.2, 0) is 29.3 Å². The second kappa shape index (κ2) is 11.1. The number of benzene rings is 2. The Balaban J connectivity index is 1.42. The molecule has 12 heteroatoms. The average Bonchev–Trinajstić information content (AvgIpc) is 3.34. The summed E-state index contributed by atoms with van der Waals surface area (Å²) in [6.07, 6.45) is -0.897. The summed E-state index contributed by atoms with van der Waals surface area (Å²) in [5.41, 5.74) is -1.43. The molecule has 1 aromatic heterocycles. The van der Waals surface area contributed by atoms with Gasteiger partial charge in [-0.3, -0.25) is 9.59 Å². The van der Waals surface area contributed by atoms with E-state index in [1.807, 2.05) is 0 Å². The molecule has 1 aliphatic heterocycles. The van der Waals surface area contributed by atoms with Gasteiger partial charge in [0.1, 0.15) is 28.4 Å². The topological polar surface area (TPSA) is 104 Å². The van der Waals surface area contributed by atoms with Crippen molar-refractivity contribution in [2.24, 2.45) is 7.05 Å². The predicted molar refractivity (Wildman–Crippen MR) is 130 cm³/mol. The highest BCUT2D eigenvalue weighted by Crippen LogP contribution is 2.40. The fourth-order valence-corrected chi connectivity index (χ4v) is 4.09. The van der Waals surface area contributed by atoms with Crippen molar-refractivity contribution in [3.63, 3.8) is 0 Å². The summed E-state index contributed by atoms with van der Waals surface area (Å²) < 4.78 is 57.7. The highest BCUT2D eigenvalue weighted by molar-refractivity contribution is 5.97. The molecule has 0 saturated carbocycles. The Bertz CT molecular complexity index is 1280. The molecular formula is C26H27F3N4O5. The molecule has 2 aromatic carbocycles. The number of aromatic nitrogens is 2. The molecule has 1 aliphatic rings. The van der Waals surface area contributed by atoms with Crippen molar-refractivity contribution in [1.29, 1.82) is 0 Å². The molecule has 1 fully saturated rings. The zero-order valence-electron chi connectivity index (χ0n) is 20.8. The number of carbonyl (C=O) groups is 2. The number of rotatable bonds is 8. The van der Waals surface area contributed by atoms with E-state index in [2.05, 4.69) is 15.6 Å². The number of ether oxygens (including phenoxy) is 3. The molecular weight excluding hydrogens is 505 g/mol. The van der Waals surface area contributed by atoms with Crippen LogP contribution >= 0.6 is 0 Å². The zero-order valence-corrected chi connectivity index (χ0v) is 20.8. The standard InChI is InChI=1S/C26H27F3N4O5/c1-33-12-11-30-22(33)23(34)32-25(9-13-37-14-10-25)24(35)31-16-17-3-5-18(6-4-17)38-21-8-7-19(36-2)15-20(21)26(27,28)29/h3-8,11-12,15H,9-10,13-14,16H2,1-2H3,(H,31,35)(H,32,34). The van der Waals surface area contributed by atoms with Crippen molar-refractivity contribution >= 4 is 11.8 Å². The molecule has 0 atom stereocenters. The molecule has 4 rings (SSSR count). The van der Waals surface area contributed by atoms with Gasteiger partial charge in [0.25, 0.3) is 5.91 Å². The average molecular weight is 533 g/mol. The van der Waals surface area contributed by atoms with Gasteiger partial charge in [0, 0.05) is 52.0 Å². The summed E-state index contributed by atoms with van der Waals surface area (Å²) in [7, 11) is 2.97. The molecule has 0 aliphatic carbocycles. The molecule has 2 N–H and O–H groups in total. The predicted octanol–water partition coefficient (Wildman–Crippen LogP) is 3.84. The van der Waals surface area contributed by atoms with Gasteiger partial charge in [-0.05, 0) is 35.9 Å². The van der Waals surface area contributed by atoms with Gasteiger partial charge >= 0.3 is 6.18 Å². The van der Waals surface area contributed by atoms with E-state index in [-0.39, 0.29) is 35.5 Å². The third-order valence-electron chi connectivity index (χ3n) is 6.25. The zero-order chi connectivity index (χ0) is 27.3. The first-order chi connectivity index (χ1) is 18.1. The molecule has 2 heterocycles. The van der Waals surface area contributed by atoms with Gasteiger partial charge in [0.15, 0.2) is 5.82 Å². The number of methoxy groups -OCH3 is 1. The number of carbonyl (C=O) groups excluding carboxylic acids is 2. The van der Waals surface area contributed by atoms with Crippen molar-refractivity contribution < 1.29 is 37.0 Å². The van der Waals surface area contributed by atoms with Gasteiger partial charge in [-0.15, -0.1) is 0 Å². The molecule has 2 amide bonds. The Labute approximate surface area is 216 Å². The molecule has 3 aromatic rings. The Hall–Kier alpha value is -4.06. The third-order valence-corrected chi connectivity index (χ3v) is 6.25. The van der Waals surface area contributed by atoms with Crippen LogP contribution in [0, 0.1) is 0 Å². The van der Waals surface area contributed by atoms with Crippen molar-refractivity contribution in [3.05, 3.63) is 71.8 Å². The summed E-state index contributed by atoms with van der Waals surface area (Å²) >= 11 is 0. The second-order valence-electron chi connectivity index (χ2n) is 8.80. The van der Waals surface area contributed by atoms with E-state index in [4.69, 9.17) is 14.2 Å². The minimum atomic E-state index is -4.63. The Morgan fingerprint density at radius 1 is 1.11 bits per heavy atom. The number of halogens is 3. The van der Waals surface area contributed by atoms with Crippen molar-refractivity contribution in [3.8, 4) is 17.2 Å². The summed E-state index contributed by atoms with van der Waals surface area (Å²) in [6, 6.07) is 9.75. The molecule has 1 saturated heterocycles. The maximum absolute atomic E-state index is 13.5. The molecule has 202 valence electrons. The first kappa shape index (κ1) is 27.0. The minimum absolute atomic E-state index is 0.0640. The monoisotopic (exact) mass is 532 g/mol. The summed E-state index contributed by atoms with van der Waals surface area (Å²) in [5, 5.41) is 5.68. The summed E-state index contributed by atoms with van der Waals surface area (Å²) in [6.45, 7) is 0.757. The highest BCUT2D eigenvalue weighted by atomic mass is 19.4. The van der Waals surface area contributed by atoms with E-state index in [1.165, 1.54) is 37.6 Å². The quantitative estimate of drug-likeness (QED) is 0.457. The van der Waals surface area contributed by atoms with Crippen LogP contribution in [0.4, 0.5) is 13.2 Å². The molecule has 38 heavy (non-hydrogen) atoms. The van der Waals surface area contributed by atoms with E-state index < -0.39 is 23.2 Å². The van der Waals surface area contributed by atoms with Gasteiger partial charge < -0.3 is 29.4 Å². The highest BCUT2D eigenvalue weighted by Gasteiger charge is 2.42. The molecule has 0 bridgehead atoms. The number of amides is 2. The number of hydrogen-bond acceptors (Lipinski definition) is 6. The number of hydrogen-bond donors (Lipinski definition) is 2. The van der Waals surface area contributed by atoms with E-state index in [1.54, 1.807) is 29.9 Å². The molecule has 0 unspecified atom stereocenters. The number of nitrogens with one attached hydrogen (secondary N) is 2. The molecule has 9 nitrogen and oxygen atoms in total. The number of aryl methyl sites for hydroxylation is 1. The lowest BCUT2D eigenvalue weighted by Gasteiger charge is -2.36. The lowest BCUT2D eigenvalue weighted by molar-refractivity contribution is -0.138. The fourth-order valence-electron chi connectivity index (χ4n) is 4.09. The van der Waals surface area contributed by atoms with Crippen LogP contribution < -0.4 is 20.1 Å². The lowest BCUT2D eigenvalue weighted by atomic mass is 9.88. The third kappa shape index (κ3) is 6.08. The van der Waals surface area contributed by atoms with Crippen LogP contribution in [0.5, 0.6) is 17.2 Å². The van der Waals surface area contributed by atoms with Crippen molar-refractivity contribution in [2.75, 3.05) is 20.3 Å². The maximum Gasteiger partial charge on any atom is 0.420 e. The van der Waals surface area contributed by atoms with E-state index in [0.717, 1.165) is 6.07 Å². The lowest BCUT2D eigenvalue weighted by Crippen LogP contribution is -2.61. The molecule has 0 spiro atoms. The smallest absolute Gasteiger partial charge is 0.420 e. The minimum Gasteiger partial charge on any atom is -0.497 e. The normalized spacial score (nSPS) is 15.0. The Morgan fingerprint density at radius 3 is 2.39 bits per heavy atom. The Kier molecular flexibility index (Phi) is 7.91. The van der Waals surface area contributed by atoms with Gasteiger partial charge in [-0.2, -0.15) is 13.2 Å². The number of imidazole rings is 1. The van der Waals surface area contributed by atoms with Gasteiger partial charge in [0.2, 0.25) is 5.91 Å².